The summed E-state index contributed by atoms with van der Waals surface area (Å²) in [6, 6.07) is 4.19. The molecular formula is C25H37N3O2. The molecule has 1 aliphatic heterocycles. The Kier molecular flexibility index (Phi) is 6.37. The number of rotatable bonds is 8. The number of likely N-dealkylation sites (tertiary alicyclic amines) is 1. The summed E-state index contributed by atoms with van der Waals surface area (Å²) in [6.45, 7) is 12.0. The molecule has 1 aliphatic carbocycles. The summed E-state index contributed by atoms with van der Waals surface area (Å²) in [7, 11) is 1.72. The summed E-state index contributed by atoms with van der Waals surface area (Å²) in [5.74, 6) is 1.60. The van der Waals surface area contributed by atoms with Gasteiger partial charge in [0.05, 0.1) is 19.2 Å². The molecule has 4 rings (SSSR count). The highest BCUT2D eigenvalue weighted by Crippen LogP contribution is 2.40. The summed E-state index contributed by atoms with van der Waals surface area (Å²) < 4.78 is 11.9. The number of aryl methyl sites for hydroxylation is 1. The van der Waals surface area contributed by atoms with Crippen LogP contribution in [0.4, 0.5) is 5.69 Å². The van der Waals surface area contributed by atoms with Crippen molar-refractivity contribution in [1.82, 2.24) is 9.88 Å². The molecule has 0 radical (unpaired) electrons. The molecule has 2 aliphatic rings. The van der Waals surface area contributed by atoms with Crippen molar-refractivity contribution in [3.05, 3.63) is 23.4 Å². The van der Waals surface area contributed by atoms with E-state index in [0.29, 0.717) is 6.61 Å². The number of hydrogen-bond donors (Lipinski definition) is 1. The number of benzene rings is 1. The highest BCUT2D eigenvalue weighted by Gasteiger charge is 2.22. The fourth-order valence-electron chi connectivity index (χ4n) is 4.57. The topological polar surface area (TPSA) is 46.6 Å². The van der Waals surface area contributed by atoms with Gasteiger partial charge in [-0.25, -0.2) is 0 Å². The number of nitrogens with one attached hydrogen (secondary N) is 1. The van der Waals surface area contributed by atoms with Crippen LogP contribution in [0.25, 0.3) is 10.9 Å². The van der Waals surface area contributed by atoms with Crippen LogP contribution in [-0.4, -0.2) is 49.8 Å². The molecule has 1 aromatic carbocycles. The van der Waals surface area contributed by atoms with Gasteiger partial charge >= 0.3 is 0 Å². The minimum Gasteiger partial charge on any atom is -0.493 e. The largest absolute Gasteiger partial charge is 0.493 e. The van der Waals surface area contributed by atoms with Crippen molar-refractivity contribution < 1.29 is 9.47 Å². The van der Waals surface area contributed by atoms with E-state index in [1.54, 1.807) is 7.11 Å². The molecule has 5 nitrogen and oxygen atoms in total. The van der Waals surface area contributed by atoms with E-state index in [1.165, 1.54) is 49.3 Å². The molecule has 1 N–H and O–H groups in total. The zero-order chi connectivity index (χ0) is 21.1. The van der Waals surface area contributed by atoms with Crippen LogP contribution in [0.5, 0.6) is 11.5 Å². The number of fused-ring (bicyclic) bond motifs is 2. The van der Waals surface area contributed by atoms with E-state index in [9.17, 15) is 0 Å². The van der Waals surface area contributed by atoms with Crippen molar-refractivity contribution in [3.63, 3.8) is 0 Å². The molecule has 0 unspecified atom stereocenters. The molecule has 164 valence electrons. The number of pyridine rings is 1. The Morgan fingerprint density at radius 2 is 1.87 bits per heavy atom. The first-order valence-corrected chi connectivity index (χ1v) is 11.6. The van der Waals surface area contributed by atoms with Crippen molar-refractivity contribution in [3.8, 4) is 11.5 Å². The minimum atomic E-state index is 0.212. The quantitative estimate of drug-likeness (QED) is 0.616. The Morgan fingerprint density at radius 1 is 1.07 bits per heavy atom. The van der Waals surface area contributed by atoms with Crippen LogP contribution in [0.15, 0.2) is 12.1 Å². The van der Waals surface area contributed by atoms with Crippen molar-refractivity contribution in [2.75, 3.05) is 45.2 Å². The third-order valence-corrected chi connectivity index (χ3v) is 6.17. The van der Waals surface area contributed by atoms with Crippen LogP contribution in [0, 0.1) is 5.41 Å². The zero-order valence-electron chi connectivity index (χ0n) is 19.1. The summed E-state index contributed by atoms with van der Waals surface area (Å²) in [5.41, 5.74) is 5.07. The van der Waals surface area contributed by atoms with E-state index in [1.807, 2.05) is 0 Å². The molecule has 0 spiro atoms. The average molecular weight is 412 g/mol. The Morgan fingerprint density at radius 3 is 2.60 bits per heavy atom. The van der Waals surface area contributed by atoms with E-state index in [0.717, 1.165) is 54.8 Å². The lowest BCUT2D eigenvalue weighted by Gasteiger charge is -2.23. The van der Waals surface area contributed by atoms with Crippen LogP contribution in [-0.2, 0) is 12.8 Å². The second-order valence-corrected chi connectivity index (χ2v) is 9.95. The molecule has 0 atom stereocenters. The predicted molar refractivity (Wildman–Crippen MR) is 124 cm³/mol. The van der Waals surface area contributed by atoms with E-state index >= 15 is 0 Å². The maximum atomic E-state index is 6.16. The molecule has 0 bridgehead atoms. The number of hydrogen-bond acceptors (Lipinski definition) is 5. The first kappa shape index (κ1) is 21.2. The molecule has 30 heavy (non-hydrogen) atoms. The van der Waals surface area contributed by atoms with Gasteiger partial charge in [-0.05, 0) is 68.7 Å². The van der Waals surface area contributed by atoms with Gasteiger partial charge in [-0.1, -0.05) is 20.8 Å². The zero-order valence-corrected chi connectivity index (χ0v) is 19.1. The van der Waals surface area contributed by atoms with E-state index in [2.05, 4.69) is 43.1 Å². The van der Waals surface area contributed by atoms with Gasteiger partial charge in [-0.15, -0.1) is 0 Å². The fraction of sp³-hybridized carbons (Fsp3) is 0.640. The summed E-state index contributed by atoms with van der Waals surface area (Å²) in [6.07, 6.45) is 7.05. The van der Waals surface area contributed by atoms with Crippen LogP contribution in [0.3, 0.4) is 0 Å². The fourth-order valence-corrected chi connectivity index (χ4v) is 4.57. The van der Waals surface area contributed by atoms with Crippen LogP contribution in [0.2, 0.25) is 0 Å². The first-order valence-electron chi connectivity index (χ1n) is 11.6. The van der Waals surface area contributed by atoms with Crippen molar-refractivity contribution in [2.24, 2.45) is 5.41 Å². The van der Waals surface area contributed by atoms with Crippen molar-refractivity contribution in [2.45, 2.75) is 59.3 Å². The third-order valence-electron chi connectivity index (χ3n) is 6.17. The second kappa shape index (κ2) is 9.01. The number of nitrogens with zero attached hydrogens (tertiary/aromatic N) is 2. The lowest BCUT2D eigenvalue weighted by molar-refractivity contribution is 0.254. The Labute approximate surface area is 181 Å². The molecule has 0 saturated carbocycles. The molecular weight excluding hydrogens is 374 g/mol. The second-order valence-electron chi connectivity index (χ2n) is 9.95. The molecule has 2 heterocycles. The summed E-state index contributed by atoms with van der Waals surface area (Å²) in [5, 5.41) is 4.88. The number of ether oxygens (including phenoxy) is 2. The Hall–Kier alpha value is -2.01. The molecule has 1 saturated heterocycles. The van der Waals surface area contributed by atoms with Crippen molar-refractivity contribution in [1.29, 1.82) is 0 Å². The van der Waals surface area contributed by atoms with Gasteiger partial charge in [0.1, 0.15) is 0 Å². The molecule has 5 heteroatoms. The normalized spacial score (nSPS) is 16.8. The molecule has 1 fully saturated rings. The number of aromatic nitrogens is 1. The van der Waals surface area contributed by atoms with Gasteiger partial charge in [-0.2, -0.15) is 0 Å². The van der Waals surface area contributed by atoms with Gasteiger partial charge in [0, 0.05) is 35.9 Å². The molecule has 1 aromatic heterocycles. The Bertz CT molecular complexity index is 882. The van der Waals surface area contributed by atoms with Gasteiger partial charge in [-0.3, -0.25) is 4.98 Å². The maximum absolute atomic E-state index is 6.16. The van der Waals surface area contributed by atoms with Crippen LogP contribution in [0.1, 0.15) is 57.7 Å². The van der Waals surface area contributed by atoms with Crippen LogP contribution >= 0.6 is 0 Å². The number of methoxy groups -OCH3 is 1. The molecule has 2 aromatic rings. The smallest absolute Gasteiger partial charge is 0.163 e. The maximum Gasteiger partial charge on any atom is 0.163 e. The standard InChI is InChI=1S/C25H37N3O2/c1-25(2,3)17-26-24-18-9-7-10-20(18)27-21-16-23(22(29-4)15-19(21)24)30-14-8-13-28-11-5-6-12-28/h15-16H,5-14,17H2,1-4H3,(H,26,27). The minimum absolute atomic E-state index is 0.212. The van der Waals surface area contributed by atoms with Gasteiger partial charge < -0.3 is 19.7 Å². The van der Waals surface area contributed by atoms with E-state index in [4.69, 9.17) is 14.5 Å². The Balaban J connectivity index is 1.57. The van der Waals surface area contributed by atoms with E-state index in [-0.39, 0.29) is 5.41 Å². The highest BCUT2D eigenvalue weighted by molar-refractivity contribution is 5.96. The molecule has 0 amide bonds. The van der Waals surface area contributed by atoms with Crippen molar-refractivity contribution >= 4 is 16.6 Å². The number of anilines is 1. The SMILES string of the molecule is COc1cc2c(NCC(C)(C)C)c3c(nc2cc1OCCCN1CCCC1)CCC3. The first-order chi connectivity index (χ1) is 14.4. The van der Waals surface area contributed by atoms with Gasteiger partial charge in [0.2, 0.25) is 0 Å². The average Bonchev–Trinajstić information content (AvgIpc) is 3.39. The third kappa shape index (κ3) is 4.83. The van der Waals surface area contributed by atoms with Gasteiger partial charge in [0.15, 0.2) is 11.5 Å². The highest BCUT2D eigenvalue weighted by atomic mass is 16.5. The van der Waals surface area contributed by atoms with E-state index < -0.39 is 0 Å². The monoisotopic (exact) mass is 411 g/mol. The summed E-state index contributed by atoms with van der Waals surface area (Å²) in [4.78, 5) is 7.53. The van der Waals surface area contributed by atoms with Gasteiger partial charge in [0.25, 0.3) is 0 Å². The predicted octanol–water partition coefficient (Wildman–Crippen LogP) is 5.05. The lowest BCUT2D eigenvalue weighted by Crippen LogP contribution is -2.22. The lowest BCUT2D eigenvalue weighted by atomic mass is 9.96. The van der Waals surface area contributed by atoms with Crippen LogP contribution < -0.4 is 14.8 Å². The summed E-state index contributed by atoms with van der Waals surface area (Å²) >= 11 is 0.